The molecule has 0 bridgehead atoms. The van der Waals surface area contributed by atoms with Crippen LogP contribution in [0.2, 0.25) is 5.02 Å². The summed E-state index contributed by atoms with van der Waals surface area (Å²) in [7, 11) is 0. The zero-order valence-corrected chi connectivity index (χ0v) is 16.6. The fraction of sp³-hybridized carbons (Fsp3) is 0.217. The molecular weight excluding hydrogens is 388 g/mol. The Hall–Kier alpha value is -3.05. The first kappa shape index (κ1) is 19.3. The first-order chi connectivity index (χ1) is 14.1. The van der Waals surface area contributed by atoms with Crippen LogP contribution in [0, 0.1) is 0 Å². The molecule has 0 saturated carbocycles. The van der Waals surface area contributed by atoms with Gasteiger partial charge in [0.25, 0.3) is 5.91 Å². The van der Waals surface area contributed by atoms with Crippen molar-refractivity contribution < 1.29 is 14.0 Å². The number of amides is 2. The summed E-state index contributed by atoms with van der Waals surface area (Å²) in [5.74, 6) is 0.463. The molecule has 3 aromatic rings. The number of hydrogen-bond donors (Lipinski definition) is 0. The average Bonchev–Trinajstić information content (AvgIpc) is 2.99. The number of benzene rings is 2. The van der Waals surface area contributed by atoms with Crippen LogP contribution in [-0.4, -0.2) is 47.8 Å². The van der Waals surface area contributed by atoms with Crippen LogP contribution in [0.5, 0.6) is 0 Å². The summed E-state index contributed by atoms with van der Waals surface area (Å²) >= 11 is 6.16. The standard InChI is InChI=1S/C23H21ClN2O3/c24-20-8-3-2-7-19(20)23(28)26-13-5-12-25(14-15-26)22(27)11-10-18-16-17-6-1-4-9-21(17)29-18/h1-4,6-11,16H,5,12-15H2. The molecule has 1 aliphatic heterocycles. The van der Waals surface area contributed by atoms with Gasteiger partial charge in [-0.2, -0.15) is 0 Å². The third kappa shape index (κ3) is 4.35. The van der Waals surface area contributed by atoms with Crippen molar-refractivity contribution in [1.29, 1.82) is 0 Å². The fourth-order valence-corrected chi connectivity index (χ4v) is 3.71. The maximum Gasteiger partial charge on any atom is 0.255 e. The minimum Gasteiger partial charge on any atom is -0.457 e. The van der Waals surface area contributed by atoms with Gasteiger partial charge in [0.2, 0.25) is 5.91 Å². The molecule has 0 N–H and O–H groups in total. The summed E-state index contributed by atoms with van der Waals surface area (Å²) in [5, 5.41) is 1.45. The van der Waals surface area contributed by atoms with Crippen LogP contribution in [0.25, 0.3) is 17.0 Å². The van der Waals surface area contributed by atoms with Gasteiger partial charge >= 0.3 is 0 Å². The summed E-state index contributed by atoms with van der Waals surface area (Å²) in [5.41, 5.74) is 1.29. The lowest BCUT2D eigenvalue weighted by Crippen LogP contribution is -2.36. The molecule has 148 valence electrons. The quantitative estimate of drug-likeness (QED) is 0.600. The highest BCUT2D eigenvalue weighted by atomic mass is 35.5. The van der Waals surface area contributed by atoms with Crippen molar-refractivity contribution in [3.8, 4) is 0 Å². The van der Waals surface area contributed by atoms with Crippen molar-refractivity contribution in [3.05, 3.63) is 77.0 Å². The number of rotatable bonds is 3. The van der Waals surface area contributed by atoms with Gasteiger partial charge in [0.1, 0.15) is 11.3 Å². The van der Waals surface area contributed by atoms with Gasteiger partial charge in [0.05, 0.1) is 10.6 Å². The van der Waals surface area contributed by atoms with E-state index in [1.54, 1.807) is 40.1 Å². The molecule has 5 nitrogen and oxygen atoms in total. The van der Waals surface area contributed by atoms with Crippen LogP contribution in [0.15, 0.2) is 65.1 Å². The molecule has 6 heteroatoms. The largest absolute Gasteiger partial charge is 0.457 e. The Morgan fingerprint density at radius 2 is 1.66 bits per heavy atom. The van der Waals surface area contributed by atoms with Gasteiger partial charge in [-0.15, -0.1) is 0 Å². The number of nitrogens with zero attached hydrogens (tertiary/aromatic N) is 2. The second-order valence-corrected chi connectivity index (χ2v) is 7.38. The molecule has 1 aliphatic rings. The van der Waals surface area contributed by atoms with E-state index in [2.05, 4.69) is 0 Å². The number of furan rings is 1. The fourth-order valence-electron chi connectivity index (χ4n) is 3.49. The van der Waals surface area contributed by atoms with E-state index < -0.39 is 0 Å². The van der Waals surface area contributed by atoms with E-state index in [0.717, 1.165) is 17.4 Å². The van der Waals surface area contributed by atoms with Crippen LogP contribution < -0.4 is 0 Å². The number of fused-ring (bicyclic) bond motifs is 1. The van der Waals surface area contributed by atoms with E-state index in [4.69, 9.17) is 16.0 Å². The predicted molar refractivity (Wildman–Crippen MR) is 114 cm³/mol. The molecule has 0 radical (unpaired) electrons. The molecule has 2 heterocycles. The molecule has 2 aromatic carbocycles. The van der Waals surface area contributed by atoms with Crippen molar-refractivity contribution in [2.24, 2.45) is 0 Å². The molecular formula is C23H21ClN2O3. The third-order valence-electron chi connectivity index (χ3n) is 5.03. The molecule has 0 atom stereocenters. The zero-order valence-electron chi connectivity index (χ0n) is 15.9. The van der Waals surface area contributed by atoms with Crippen molar-refractivity contribution in [2.75, 3.05) is 26.2 Å². The van der Waals surface area contributed by atoms with Gasteiger partial charge in [-0.05, 0) is 36.8 Å². The molecule has 0 unspecified atom stereocenters. The van der Waals surface area contributed by atoms with E-state index in [1.165, 1.54) is 6.08 Å². The maximum absolute atomic E-state index is 12.8. The van der Waals surface area contributed by atoms with E-state index >= 15 is 0 Å². The van der Waals surface area contributed by atoms with Crippen molar-refractivity contribution in [3.63, 3.8) is 0 Å². The van der Waals surface area contributed by atoms with Gasteiger partial charge in [-0.3, -0.25) is 9.59 Å². The van der Waals surface area contributed by atoms with Gasteiger partial charge < -0.3 is 14.2 Å². The van der Waals surface area contributed by atoms with E-state index in [9.17, 15) is 9.59 Å². The van der Waals surface area contributed by atoms with Gasteiger partial charge in [-0.25, -0.2) is 0 Å². The first-order valence-electron chi connectivity index (χ1n) is 9.61. The molecule has 1 saturated heterocycles. The summed E-state index contributed by atoms with van der Waals surface area (Å²) in [6.45, 7) is 2.17. The third-order valence-corrected chi connectivity index (χ3v) is 5.36. The van der Waals surface area contributed by atoms with Crippen LogP contribution in [0.1, 0.15) is 22.5 Å². The Kier molecular flexibility index (Phi) is 5.67. The van der Waals surface area contributed by atoms with Crippen molar-refractivity contribution in [1.82, 2.24) is 9.80 Å². The highest BCUT2D eigenvalue weighted by molar-refractivity contribution is 6.33. The maximum atomic E-state index is 12.8. The molecule has 0 spiro atoms. The Labute approximate surface area is 174 Å². The molecule has 29 heavy (non-hydrogen) atoms. The number of carbonyl (C=O) groups is 2. The molecule has 2 amide bonds. The van der Waals surface area contributed by atoms with Crippen molar-refractivity contribution in [2.45, 2.75) is 6.42 Å². The van der Waals surface area contributed by atoms with Gasteiger partial charge in [0, 0.05) is 37.6 Å². The highest BCUT2D eigenvalue weighted by Gasteiger charge is 2.23. The van der Waals surface area contributed by atoms with E-state index in [0.29, 0.717) is 42.5 Å². The van der Waals surface area contributed by atoms with Crippen LogP contribution in [0.3, 0.4) is 0 Å². The van der Waals surface area contributed by atoms with E-state index in [-0.39, 0.29) is 11.8 Å². The summed E-state index contributed by atoms with van der Waals surface area (Å²) in [4.78, 5) is 28.9. The van der Waals surface area contributed by atoms with Crippen LogP contribution in [-0.2, 0) is 4.79 Å². The molecule has 0 aliphatic carbocycles. The number of carbonyl (C=O) groups excluding carboxylic acids is 2. The Morgan fingerprint density at radius 1 is 0.931 bits per heavy atom. The Bertz CT molecular complexity index is 1040. The monoisotopic (exact) mass is 408 g/mol. The number of para-hydroxylation sites is 1. The second-order valence-electron chi connectivity index (χ2n) is 6.97. The second kappa shape index (κ2) is 8.53. The summed E-state index contributed by atoms with van der Waals surface area (Å²) in [6, 6.07) is 16.7. The molecule has 1 aromatic heterocycles. The van der Waals surface area contributed by atoms with Crippen LogP contribution in [0.4, 0.5) is 0 Å². The Morgan fingerprint density at radius 3 is 2.48 bits per heavy atom. The predicted octanol–water partition coefficient (Wildman–Crippen LogP) is 4.47. The number of halogens is 1. The zero-order chi connectivity index (χ0) is 20.2. The van der Waals surface area contributed by atoms with Crippen LogP contribution >= 0.6 is 11.6 Å². The van der Waals surface area contributed by atoms with Crippen molar-refractivity contribution >= 4 is 40.5 Å². The Balaban J connectivity index is 1.39. The topological polar surface area (TPSA) is 53.8 Å². The van der Waals surface area contributed by atoms with E-state index in [1.807, 2.05) is 30.3 Å². The van der Waals surface area contributed by atoms with Gasteiger partial charge in [-0.1, -0.05) is 41.9 Å². The van der Waals surface area contributed by atoms with Gasteiger partial charge in [0.15, 0.2) is 0 Å². The average molecular weight is 409 g/mol. The smallest absolute Gasteiger partial charge is 0.255 e. The minimum atomic E-state index is -0.0947. The molecule has 4 rings (SSSR count). The lowest BCUT2D eigenvalue weighted by atomic mass is 10.2. The lowest BCUT2D eigenvalue weighted by Gasteiger charge is -2.22. The highest BCUT2D eigenvalue weighted by Crippen LogP contribution is 2.20. The number of hydrogen-bond acceptors (Lipinski definition) is 3. The SMILES string of the molecule is O=C(C=Cc1cc2ccccc2o1)N1CCCN(C(=O)c2ccccc2Cl)CC1. The summed E-state index contributed by atoms with van der Waals surface area (Å²) < 4.78 is 5.72. The molecule has 1 fully saturated rings. The normalized spacial score (nSPS) is 15.1. The summed E-state index contributed by atoms with van der Waals surface area (Å²) in [6.07, 6.45) is 3.95. The first-order valence-corrected chi connectivity index (χ1v) is 9.99. The lowest BCUT2D eigenvalue weighted by molar-refractivity contribution is -0.125. The minimum absolute atomic E-state index is 0.0856.